The Bertz CT molecular complexity index is 324. The minimum absolute atomic E-state index is 0. The zero-order valence-electron chi connectivity index (χ0n) is 7.86. The number of hydrogen-bond acceptors (Lipinski definition) is 1. The van der Waals surface area contributed by atoms with Gasteiger partial charge in [-0.05, 0) is 19.1 Å². The third-order valence-electron chi connectivity index (χ3n) is 1.67. The summed E-state index contributed by atoms with van der Waals surface area (Å²) in [6, 6.07) is 3.16. The molecule has 1 aromatic carbocycles. The Morgan fingerprint density at radius 3 is 2.33 bits per heavy atom. The van der Waals surface area contributed by atoms with E-state index in [2.05, 4.69) is 5.32 Å². The number of alkyl halides is 3. The number of hydrogen-bond donors (Lipinski definition) is 1. The van der Waals surface area contributed by atoms with Gasteiger partial charge in [0, 0.05) is 6.54 Å². The summed E-state index contributed by atoms with van der Waals surface area (Å²) in [7, 11) is 0. The summed E-state index contributed by atoms with van der Waals surface area (Å²) in [4.78, 5) is 0. The van der Waals surface area contributed by atoms with Crippen LogP contribution in [-0.2, 0) is 6.18 Å². The van der Waals surface area contributed by atoms with E-state index < -0.39 is 17.6 Å². The van der Waals surface area contributed by atoms with E-state index in [4.69, 9.17) is 0 Å². The van der Waals surface area contributed by atoms with Crippen molar-refractivity contribution >= 4 is 18.1 Å². The average molecular weight is 244 g/mol. The Labute approximate surface area is 90.9 Å². The lowest BCUT2D eigenvalue weighted by Gasteiger charge is -2.11. The van der Waals surface area contributed by atoms with Crippen LogP contribution in [0.25, 0.3) is 0 Å². The molecular weight excluding hydrogens is 234 g/mol. The van der Waals surface area contributed by atoms with Crippen molar-refractivity contribution in [3.05, 3.63) is 29.6 Å². The predicted molar refractivity (Wildman–Crippen MR) is 52.8 cm³/mol. The van der Waals surface area contributed by atoms with Gasteiger partial charge in [-0.25, -0.2) is 4.39 Å². The zero-order valence-corrected chi connectivity index (χ0v) is 8.68. The topological polar surface area (TPSA) is 12.0 Å². The number of benzene rings is 1. The lowest BCUT2D eigenvalue weighted by atomic mass is 10.2. The van der Waals surface area contributed by atoms with E-state index in [0.29, 0.717) is 6.54 Å². The van der Waals surface area contributed by atoms with E-state index >= 15 is 0 Å². The molecule has 0 saturated carbocycles. The maximum Gasteiger partial charge on any atom is 0.419 e. The minimum Gasteiger partial charge on any atom is -0.383 e. The summed E-state index contributed by atoms with van der Waals surface area (Å²) < 4.78 is 49.8. The van der Waals surface area contributed by atoms with Crippen LogP contribution in [0.4, 0.5) is 23.2 Å². The Balaban J connectivity index is 0.00000196. The second-order valence-corrected chi connectivity index (χ2v) is 2.70. The van der Waals surface area contributed by atoms with Gasteiger partial charge in [0.1, 0.15) is 0 Å². The molecule has 0 aliphatic carbocycles. The third-order valence-corrected chi connectivity index (χ3v) is 1.67. The fourth-order valence-electron chi connectivity index (χ4n) is 1.08. The Morgan fingerprint density at radius 2 is 1.87 bits per heavy atom. The molecule has 0 bridgehead atoms. The van der Waals surface area contributed by atoms with Crippen LogP contribution in [-0.4, -0.2) is 6.54 Å². The van der Waals surface area contributed by atoms with Gasteiger partial charge in [0.2, 0.25) is 0 Å². The van der Waals surface area contributed by atoms with E-state index in [1.165, 1.54) is 12.1 Å². The van der Waals surface area contributed by atoms with Gasteiger partial charge in [0.25, 0.3) is 0 Å². The first-order chi connectivity index (χ1) is 6.46. The van der Waals surface area contributed by atoms with Crippen molar-refractivity contribution in [3.8, 4) is 0 Å². The van der Waals surface area contributed by atoms with Gasteiger partial charge < -0.3 is 5.32 Å². The lowest BCUT2D eigenvalue weighted by Crippen LogP contribution is -2.10. The maximum absolute atomic E-state index is 13.2. The SMILES string of the molecule is CCNc1cccc(C(F)(F)F)c1F.Cl. The molecule has 0 radical (unpaired) electrons. The first-order valence-electron chi connectivity index (χ1n) is 4.06. The maximum atomic E-state index is 13.2. The van der Waals surface area contributed by atoms with E-state index in [1.807, 2.05) is 0 Å². The van der Waals surface area contributed by atoms with Gasteiger partial charge >= 0.3 is 6.18 Å². The summed E-state index contributed by atoms with van der Waals surface area (Å²) >= 11 is 0. The molecule has 6 heteroatoms. The molecule has 1 aromatic rings. The largest absolute Gasteiger partial charge is 0.419 e. The quantitative estimate of drug-likeness (QED) is 0.781. The van der Waals surface area contributed by atoms with E-state index in [-0.39, 0.29) is 18.1 Å². The highest BCUT2D eigenvalue weighted by Gasteiger charge is 2.34. The van der Waals surface area contributed by atoms with Crippen molar-refractivity contribution in [1.29, 1.82) is 0 Å². The second-order valence-electron chi connectivity index (χ2n) is 2.70. The Hall–Kier alpha value is -0.970. The molecule has 0 aliphatic rings. The third kappa shape index (κ3) is 3.27. The van der Waals surface area contributed by atoms with Gasteiger partial charge in [0.05, 0.1) is 11.3 Å². The highest BCUT2D eigenvalue weighted by molar-refractivity contribution is 5.85. The molecule has 0 saturated heterocycles. The summed E-state index contributed by atoms with van der Waals surface area (Å²) in [6.45, 7) is 2.05. The normalized spacial score (nSPS) is 10.7. The number of anilines is 1. The average Bonchev–Trinajstić information content (AvgIpc) is 2.07. The molecule has 0 amide bonds. The van der Waals surface area contributed by atoms with Gasteiger partial charge in [-0.2, -0.15) is 13.2 Å². The highest BCUT2D eigenvalue weighted by Crippen LogP contribution is 2.33. The van der Waals surface area contributed by atoms with Crippen molar-refractivity contribution in [2.75, 3.05) is 11.9 Å². The fraction of sp³-hybridized carbons (Fsp3) is 0.333. The molecule has 1 nitrogen and oxygen atoms in total. The van der Waals surface area contributed by atoms with Crippen LogP contribution in [0.3, 0.4) is 0 Å². The molecule has 0 atom stereocenters. The molecular formula is C9H10ClF4N. The van der Waals surface area contributed by atoms with Crippen LogP contribution in [0.5, 0.6) is 0 Å². The van der Waals surface area contributed by atoms with Crippen molar-refractivity contribution in [2.45, 2.75) is 13.1 Å². The van der Waals surface area contributed by atoms with Crippen molar-refractivity contribution < 1.29 is 17.6 Å². The van der Waals surface area contributed by atoms with Gasteiger partial charge in [0.15, 0.2) is 5.82 Å². The molecule has 0 aromatic heterocycles. The molecule has 1 N–H and O–H groups in total. The standard InChI is InChI=1S/C9H9F4N.ClH/c1-2-14-7-5-3-4-6(8(7)10)9(11,12)13;/h3-5,14H,2H2,1H3;1H. The molecule has 15 heavy (non-hydrogen) atoms. The Morgan fingerprint density at radius 1 is 1.27 bits per heavy atom. The van der Waals surface area contributed by atoms with Crippen LogP contribution in [0.15, 0.2) is 18.2 Å². The molecule has 0 heterocycles. The molecule has 0 aliphatic heterocycles. The first kappa shape index (κ1) is 14.0. The van der Waals surface area contributed by atoms with Crippen LogP contribution in [0.1, 0.15) is 12.5 Å². The van der Waals surface area contributed by atoms with Crippen molar-refractivity contribution in [1.82, 2.24) is 0 Å². The molecule has 0 unspecified atom stereocenters. The smallest absolute Gasteiger partial charge is 0.383 e. The predicted octanol–water partition coefficient (Wildman–Crippen LogP) is 3.70. The van der Waals surface area contributed by atoms with Gasteiger partial charge in [-0.1, -0.05) is 6.07 Å². The van der Waals surface area contributed by atoms with Crippen LogP contribution in [0, 0.1) is 5.82 Å². The summed E-state index contributed by atoms with van der Waals surface area (Å²) in [5.74, 6) is -1.25. The van der Waals surface area contributed by atoms with Crippen molar-refractivity contribution in [3.63, 3.8) is 0 Å². The van der Waals surface area contributed by atoms with Crippen LogP contribution < -0.4 is 5.32 Å². The first-order valence-corrected chi connectivity index (χ1v) is 4.06. The lowest BCUT2D eigenvalue weighted by molar-refractivity contribution is -0.139. The fourth-order valence-corrected chi connectivity index (χ4v) is 1.08. The molecule has 0 fully saturated rings. The molecule has 0 spiro atoms. The number of halogens is 5. The Kier molecular flexibility index (Phi) is 4.87. The molecule has 86 valence electrons. The number of rotatable bonds is 2. The molecule has 1 rings (SSSR count). The van der Waals surface area contributed by atoms with E-state index in [9.17, 15) is 17.6 Å². The van der Waals surface area contributed by atoms with Crippen LogP contribution in [0.2, 0.25) is 0 Å². The minimum atomic E-state index is -4.64. The van der Waals surface area contributed by atoms with E-state index in [0.717, 1.165) is 6.07 Å². The number of nitrogens with one attached hydrogen (secondary N) is 1. The summed E-state index contributed by atoms with van der Waals surface area (Å²) in [5.41, 5.74) is -1.36. The van der Waals surface area contributed by atoms with Crippen LogP contribution >= 0.6 is 12.4 Å². The zero-order chi connectivity index (χ0) is 10.8. The summed E-state index contributed by atoms with van der Waals surface area (Å²) in [6.07, 6.45) is -4.64. The highest BCUT2D eigenvalue weighted by atomic mass is 35.5. The van der Waals surface area contributed by atoms with Gasteiger partial charge in [-0.15, -0.1) is 12.4 Å². The van der Waals surface area contributed by atoms with Gasteiger partial charge in [-0.3, -0.25) is 0 Å². The van der Waals surface area contributed by atoms with Crippen molar-refractivity contribution in [2.24, 2.45) is 0 Å². The second kappa shape index (κ2) is 5.21. The monoisotopic (exact) mass is 243 g/mol. The summed E-state index contributed by atoms with van der Waals surface area (Å²) in [5, 5.41) is 2.51. The van der Waals surface area contributed by atoms with E-state index in [1.54, 1.807) is 6.92 Å².